The number of hydrogen-bond donors (Lipinski definition) is 1. The molecule has 0 unspecified atom stereocenters. The van der Waals surface area contributed by atoms with Gasteiger partial charge in [0.05, 0.1) is 11.8 Å². The minimum Gasteiger partial charge on any atom is -0.387 e. The number of likely N-dealkylation sites (tertiary alicyclic amines) is 1. The van der Waals surface area contributed by atoms with E-state index >= 15 is 0 Å². The number of aromatic nitrogens is 1. The van der Waals surface area contributed by atoms with Crippen molar-refractivity contribution in [3.63, 3.8) is 0 Å². The van der Waals surface area contributed by atoms with Crippen LogP contribution in [0.15, 0.2) is 42.6 Å². The van der Waals surface area contributed by atoms with Crippen LogP contribution in [0.3, 0.4) is 0 Å². The first-order valence-electron chi connectivity index (χ1n) is 10.8. The van der Waals surface area contributed by atoms with Crippen molar-refractivity contribution >= 4 is 5.69 Å². The van der Waals surface area contributed by atoms with Gasteiger partial charge in [-0.2, -0.15) is 0 Å². The number of nitrogens with zero attached hydrogens (tertiary/aromatic N) is 3. The van der Waals surface area contributed by atoms with E-state index in [0.29, 0.717) is 11.3 Å². The van der Waals surface area contributed by atoms with Crippen LogP contribution in [0.2, 0.25) is 0 Å². The number of rotatable bonds is 2. The molecule has 5 rings (SSSR count). The lowest BCUT2D eigenvalue weighted by atomic mass is 9.74. The summed E-state index contributed by atoms with van der Waals surface area (Å²) < 4.78 is 0. The fourth-order valence-electron chi connectivity index (χ4n) is 5.87. The minimum absolute atomic E-state index is 0.338. The van der Waals surface area contributed by atoms with Gasteiger partial charge in [-0.05, 0) is 74.4 Å². The highest BCUT2D eigenvalue weighted by Crippen LogP contribution is 2.46. The summed E-state index contributed by atoms with van der Waals surface area (Å²) in [7, 11) is 2.23. The second kappa shape index (κ2) is 7.16. The third-order valence-corrected chi connectivity index (χ3v) is 7.38. The van der Waals surface area contributed by atoms with Crippen LogP contribution in [-0.2, 0) is 11.8 Å². The first-order chi connectivity index (χ1) is 13.6. The molecule has 1 fully saturated rings. The molecule has 1 aromatic heterocycles. The average molecular weight is 378 g/mol. The van der Waals surface area contributed by atoms with E-state index in [4.69, 9.17) is 0 Å². The molecular formula is C24H31N3O. The molecule has 1 N–H and O–H groups in total. The zero-order valence-corrected chi connectivity index (χ0v) is 16.8. The van der Waals surface area contributed by atoms with E-state index in [2.05, 4.69) is 52.2 Å². The van der Waals surface area contributed by atoms with Gasteiger partial charge in [0, 0.05) is 37.4 Å². The zero-order valence-electron chi connectivity index (χ0n) is 16.8. The van der Waals surface area contributed by atoms with Crippen LogP contribution >= 0.6 is 0 Å². The second-order valence-electron chi connectivity index (χ2n) is 9.16. The number of piperidine rings is 1. The Morgan fingerprint density at radius 2 is 1.96 bits per heavy atom. The van der Waals surface area contributed by atoms with E-state index in [-0.39, 0.29) is 0 Å². The molecule has 4 nitrogen and oxygen atoms in total. The molecule has 0 saturated carbocycles. The summed E-state index contributed by atoms with van der Waals surface area (Å²) in [5.74, 6) is 0.553. The van der Waals surface area contributed by atoms with Crippen molar-refractivity contribution in [1.29, 1.82) is 0 Å². The van der Waals surface area contributed by atoms with Crippen LogP contribution in [0.1, 0.15) is 48.6 Å². The molecule has 0 bridgehead atoms. The maximum absolute atomic E-state index is 10.7. The van der Waals surface area contributed by atoms with Gasteiger partial charge in [-0.15, -0.1) is 0 Å². The SMILES string of the molecule is CN1CC2(CCN(C[C@@H]3CCc4cccnc4[C@@H](O)C3)CC2)c2ccccc21. The molecule has 2 atom stereocenters. The van der Waals surface area contributed by atoms with Crippen molar-refractivity contribution in [2.24, 2.45) is 5.92 Å². The quantitative estimate of drug-likeness (QED) is 0.813. The van der Waals surface area contributed by atoms with Crippen LogP contribution in [0.25, 0.3) is 0 Å². The Hall–Kier alpha value is -1.91. The lowest BCUT2D eigenvalue weighted by molar-refractivity contribution is 0.104. The molecule has 0 radical (unpaired) electrons. The van der Waals surface area contributed by atoms with Gasteiger partial charge in [0.25, 0.3) is 0 Å². The van der Waals surface area contributed by atoms with Crippen molar-refractivity contribution in [3.8, 4) is 0 Å². The van der Waals surface area contributed by atoms with E-state index in [1.807, 2.05) is 12.3 Å². The molecule has 2 aromatic rings. The van der Waals surface area contributed by atoms with E-state index < -0.39 is 6.10 Å². The molecule has 1 saturated heterocycles. The Kier molecular flexibility index (Phi) is 4.64. The molecule has 28 heavy (non-hydrogen) atoms. The number of anilines is 1. The number of aliphatic hydroxyl groups is 1. The standard InChI is InChI=1S/C24H31N3O/c1-26-17-24(20-6-2-3-7-21(20)26)10-13-27(14-11-24)16-18-8-9-19-5-4-12-25-23(19)22(28)15-18/h2-7,12,18,22,28H,8-11,13-17H2,1H3/t18-,22+/m1/s1. The van der Waals surface area contributed by atoms with Crippen LogP contribution < -0.4 is 4.90 Å². The van der Waals surface area contributed by atoms with Gasteiger partial charge in [-0.1, -0.05) is 24.3 Å². The molecule has 3 heterocycles. The Bertz CT molecular complexity index is 843. The fraction of sp³-hybridized carbons (Fsp3) is 0.542. The summed E-state index contributed by atoms with van der Waals surface area (Å²) in [5.41, 5.74) is 5.47. The highest BCUT2D eigenvalue weighted by molar-refractivity contribution is 5.62. The van der Waals surface area contributed by atoms with E-state index in [1.54, 1.807) is 5.56 Å². The summed E-state index contributed by atoms with van der Waals surface area (Å²) in [6, 6.07) is 13.1. The molecule has 0 amide bonds. The number of hydrogen-bond acceptors (Lipinski definition) is 4. The number of para-hydroxylation sites is 1. The fourth-order valence-corrected chi connectivity index (χ4v) is 5.87. The van der Waals surface area contributed by atoms with Gasteiger partial charge in [0.15, 0.2) is 0 Å². The van der Waals surface area contributed by atoms with Gasteiger partial charge >= 0.3 is 0 Å². The smallest absolute Gasteiger partial charge is 0.0965 e. The van der Waals surface area contributed by atoms with Crippen LogP contribution in [0.4, 0.5) is 5.69 Å². The molecule has 2 aliphatic heterocycles. The second-order valence-corrected chi connectivity index (χ2v) is 9.16. The van der Waals surface area contributed by atoms with Crippen LogP contribution in [-0.4, -0.2) is 48.2 Å². The lowest BCUT2D eigenvalue weighted by Gasteiger charge is -2.41. The van der Waals surface area contributed by atoms with Crippen molar-refractivity contribution < 1.29 is 5.11 Å². The van der Waals surface area contributed by atoms with Gasteiger partial charge in [0.2, 0.25) is 0 Å². The molecule has 4 heteroatoms. The van der Waals surface area contributed by atoms with Crippen molar-refractivity contribution in [2.75, 3.05) is 38.1 Å². The van der Waals surface area contributed by atoms with Gasteiger partial charge in [-0.3, -0.25) is 4.98 Å². The number of benzene rings is 1. The molecule has 1 spiro atoms. The Labute approximate surface area is 168 Å². The van der Waals surface area contributed by atoms with E-state index in [9.17, 15) is 5.11 Å². The molecule has 148 valence electrons. The lowest BCUT2D eigenvalue weighted by Crippen LogP contribution is -2.46. The summed E-state index contributed by atoms with van der Waals surface area (Å²) in [4.78, 5) is 9.54. The third-order valence-electron chi connectivity index (χ3n) is 7.38. The van der Waals surface area contributed by atoms with Crippen molar-refractivity contribution in [3.05, 3.63) is 59.4 Å². The van der Waals surface area contributed by atoms with E-state index in [1.165, 1.54) is 37.2 Å². The largest absolute Gasteiger partial charge is 0.387 e. The molecule has 1 aromatic carbocycles. The molecule has 1 aliphatic carbocycles. The Morgan fingerprint density at radius 1 is 1.14 bits per heavy atom. The summed E-state index contributed by atoms with van der Waals surface area (Å²) in [6.07, 6.45) is 6.93. The normalized spacial score (nSPS) is 26.7. The predicted molar refractivity (Wildman–Crippen MR) is 113 cm³/mol. The third kappa shape index (κ3) is 3.13. The van der Waals surface area contributed by atoms with Crippen LogP contribution in [0, 0.1) is 5.92 Å². The van der Waals surface area contributed by atoms with Crippen LogP contribution in [0.5, 0.6) is 0 Å². The first-order valence-corrected chi connectivity index (χ1v) is 10.8. The number of fused-ring (bicyclic) bond motifs is 3. The number of likely N-dealkylation sites (N-methyl/N-ethyl adjacent to an activating group) is 1. The highest BCUT2D eigenvalue weighted by atomic mass is 16.3. The zero-order chi connectivity index (χ0) is 19.1. The Morgan fingerprint density at radius 3 is 2.82 bits per heavy atom. The number of aryl methyl sites for hydroxylation is 1. The summed E-state index contributed by atoms with van der Waals surface area (Å²) in [5, 5.41) is 10.7. The maximum atomic E-state index is 10.7. The minimum atomic E-state index is -0.407. The monoisotopic (exact) mass is 377 g/mol. The molecular weight excluding hydrogens is 346 g/mol. The highest BCUT2D eigenvalue weighted by Gasteiger charge is 2.43. The van der Waals surface area contributed by atoms with Gasteiger partial charge < -0.3 is 14.9 Å². The summed E-state index contributed by atoms with van der Waals surface area (Å²) >= 11 is 0. The maximum Gasteiger partial charge on any atom is 0.0965 e. The predicted octanol–water partition coefficient (Wildman–Crippen LogP) is 3.55. The van der Waals surface area contributed by atoms with E-state index in [0.717, 1.165) is 38.0 Å². The molecule has 3 aliphatic rings. The number of pyridine rings is 1. The topological polar surface area (TPSA) is 39.6 Å². The van der Waals surface area contributed by atoms with Gasteiger partial charge in [0.1, 0.15) is 0 Å². The Balaban J connectivity index is 1.23. The van der Waals surface area contributed by atoms with Gasteiger partial charge in [-0.25, -0.2) is 0 Å². The number of aliphatic hydroxyl groups excluding tert-OH is 1. The van der Waals surface area contributed by atoms with Crippen molar-refractivity contribution in [2.45, 2.75) is 43.6 Å². The first kappa shape index (κ1) is 18.1. The van der Waals surface area contributed by atoms with Crippen molar-refractivity contribution in [1.82, 2.24) is 9.88 Å². The summed E-state index contributed by atoms with van der Waals surface area (Å²) in [6.45, 7) is 4.60. The average Bonchev–Trinajstić information content (AvgIpc) is 2.89.